The monoisotopic (exact) mass is 366 g/mol. The van der Waals surface area contributed by atoms with E-state index in [-0.39, 0.29) is 30.9 Å². The Balaban J connectivity index is 1.60. The van der Waals surface area contributed by atoms with E-state index in [0.29, 0.717) is 38.7 Å². The van der Waals surface area contributed by atoms with Crippen LogP contribution in [-0.4, -0.2) is 87.4 Å². The second-order valence-corrected chi connectivity index (χ2v) is 6.56. The van der Waals surface area contributed by atoms with Crippen molar-refractivity contribution in [1.29, 1.82) is 0 Å². The Morgan fingerprint density at radius 2 is 2.08 bits per heavy atom. The van der Waals surface area contributed by atoms with Crippen LogP contribution in [0.5, 0.6) is 0 Å². The van der Waals surface area contributed by atoms with E-state index < -0.39 is 0 Å². The van der Waals surface area contributed by atoms with Gasteiger partial charge in [0.05, 0.1) is 38.8 Å². The minimum absolute atomic E-state index is 0.0650. The van der Waals surface area contributed by atoms with Crippen molar-refractivity contribution in [2.45, 2.75) is 45.3 Å². The third-order valence-corrected chi connectivity index (χ3v) is 4.71. The van der Waals surface area contributed by atoms with Crippen LogP contribution in [0.1, 0.15) is 32.0 Å². The van der Waals surface area contributed by atoms with Crippen molar-refractivity contribution in [2.75, 3.05) is 39.5 Å². The van der Waals surface area contributed by atoms with Crippen LogP contribution in [0.25, 0.3) is 0 Å². The minimum Gasteiger partial charge on any atom is -0.466 e. The molecule has 1 atom stereocenters. The summed E-state index contributed by atoms with van der Waals surface area (Å²) in [5.74, 6) is 0.256. The lowest BCUT2D eigenvalue weighted by Crippen LogP contribution is -2.50. The molecular formula is C16H26N6O4. The SMILES string of the molecule is CCOC(=O)C[C@H]1COCCN1C(=O)Cn1nnnc1CN1CCCC1. The Hall–Kier alpha value is -2.07. The molecule has 1 aromatic rings. The molecule has 2 aliphatic heterocycles. The van der Waals surface area contributed by atoms with Gasteiger partial charge < -0.3 is 14.4 Å². The molecule has 0 unspecified atom stereocenters. The lowest BCUT2D eigenvalue weighted by Gasteiger charge is -2.35. The number of esters is 1. The number of rotatable bonds is 7. The van der Waals surface area contributed by atoms with Gasteiger partial charge in [0.2, 0.25) is 5.91 Å². The van der Waals surface area contributed by atoms with Gasteiger partial charge in [-0.2, -0.15) is 0 Å². The molecule has 1 aromatic heterocycles. The maximum Gasteiger partial charge on any atom is 0.307 e. The maximum atomic E-state index is 12.8. The Kier molecular flexibility index (Phi) is 6.51. The molecule has 2 saturated heterocycles. The van der Waals surface area contributed by atoms with Crippen molar-refractivity contribution in [2.24, 2.45) is 0 Å². The third kappa shape index (κ3) is 4.76. The zero-order valence-corrected chi connectivity index (χ0v) is 15.2. The lowest BCUT2D eigenvalue weighted by atomic mass is 10.1. The molecule has 0 N–H and O–H groups in total. The molecule has 3 rings (SSSR count). The Bertz CT molecular complexity index is 616. The van der Waals surface area contributed by atoms with E-state index in [1.807, 2.05) is 0 Å². The third-order valence-electron chi connectivity index (χ3n) is 4.71. The average molecular weight is 366 g/mol. The van der Waals surface area contributed by atoms with Gasteiger partial charge in [-0.15, -0.1) is 5.10 Å². The zero-order chi connectivity index (χ0) is 18.4. The lowest BCUT2D eigenvalue weighted by molar-refractivity contribution is -0.150. The van der Waals surface area contributed by atoms with Crippen LogP contribution >= 0.6 is 0 Å². The first kappa shape index (κ1) is 18.7. The molecule has 26 heavy (non-hydrogen) atoms. The van der Waals surface area contributed by atoms with Crippen molar-refractivity contribution < 1.29 is 19.1 Å². The molecular weight excluding hydrogens is 340 g/mol. The molecule has 2 fully saturated rings. The second-order valence-electron chi connectivity index (χ2n) is 6.56. The van der Waals surface area contributed by atoms with Crippen LogP contribution in [0.2, 0.25) is 0 Å². The van der Waals surface area contributed by atoms with Crippen molar-refractivity contribution in [3.05, 3.63) is 5.82 Å². The molecule has 0 spiro atoms. The van der Waals surface area contributed by atoms with Gasteiger partial charge >= 0.3 is 5.97 Å². The zero-order valence-electron chi connectivity index (χ0n) is 15.2. The minimum atomic E-state index is -0.321. The summed E-state index contributed by atoms with van der Waals surface area (Å²) in [5, 5.41) is 11.7. The number of tetrazole rings is 1. The smallest absolute Gasteiger partial charge is 0.307 e. The number of carbonyl (C=O) groups is 2. The van der Waals surface area contributed by atoms with E-state index in [9.17, 15) is 9.59 Å². The van der Waals surface area contributed by atoms with Crippen LogP contribution in [-0.2, 0) is 32.2 Å². The maximum absolute atomic E-state index is 12.8. The van der Waals surface area contributed by atoms with E-state index in [0.717, 1.165) is 13.1 Å². The Morgan fingerprint density at radius 3 is 2.85 bits per heavy atom. The number of hydrogen-bond acceptors (Lipinski definition) is 8. The van der Waals surface area contributed by atoms with E-state index in [4.69, 9.17) is 9.47 Å². The highest BCUT2D eigenvalue weighted by Crippen LogP contribution is 2.14. The standard InChI is InChI=1S/C16H26N6O4/c1-2-26-16(24)9-13-12-25-8-7-21(13)15(23)11-22-14(17-18-19-22)10-20-5-3-4-6-20/h13H,2-12H2,1H3/t13-/m0/s1. The second kappa shape index (κ2) is 9.04. The topological polar surface area (TPSA) is 103 Å². The summed E-state index contributed by atoms with van der Waals surface area (Å²) in [4.78, 5) is 28.5. The first-order valence-electron chi connectivity index (χ1n) is 9.17. The van der Waals surface area contributed by atoms with E-state index in [2.05, 4.69) is 20.4 Å². The molecule has 0 aliphatic carbocycles. The summed E-state index contributed by atoms with van der Waals surface area (Å²) in [6, 6.07) is -0.311. The number of likely N-dealkylation sites (tertiary alicyclic amines) is 1. The summed E-state index contributed by atoms with van der Waals surface area (Å²) in [7, 11) is 0. The Labute approximate surface area is 152 Å². The molecule has 0 bridgehead atoms. The fourth-order valence-electron chi connectivity index (χ4n) is 3.38. The Morgan fingerprint density at radius 1 is 1.27 bits per heavy atom. The van der Waals surface area contributed by atoms with Crippen LogP contribution in [0.15, 0.2) is 0 Å². The number of aromatic nitrogens is 4. The molecule has 0 saturated carbocycles. The number of amides is 1. The van der Waals surface area contributed by atoms with Crippen LogP contribution in [0, 0.1) is 0 Å². The number of ether oxygens (including phenoxy) is 2. The fraction of sp³-hybridized carbons (Fsp3) is 0.812. The molecule has 0 aromatic carbocycles. The van der Waals surface area contributed by atoms with E-state index in [1.54, 1.807) is 16.5 Å². The van der Waals surface area contributed by atoms with Gasteiger partial charge in [-0.05, 0) is 43.3 Å². The largest absolute Gasteiger partial charge is 0.466 e. The van der Waals surface area contributed by atoms with Crippen molar-refractivity contribution in [3.63, 3.8) is 0 Å². The first-order valence-corrected chi connectivity index (χ1v) is 9.17. The van der Waals surface area contributed by atoms with Gasteiger partial charge in [0.1, 0.15) is 6.54 Å². The van der Waals surface area contributed by atoms with Gasteiger partial charge in [0.25, 0.3) is 0 Å². The average Bonchev–Trinajstić information content (AvgIpc) is 3.28. The van der Waals surface area contributed by atoms with Gasteiger partial charge in [-0.25, -0.2) is 4.68 Å². The summed E-state index contributed by atoms with van der Waals surface area (Å²) in [6.07, 6.45) is 2.50. The number of carbonyl (C=O) groups excluding carboxylic acids is 2. The van der Waals surface area contributed by atoms with Crippen LogP contribution in [0.4, 0.5) is 0 Å². The predicted molar refractivity (Wildman–Crippen MR) is 89.9 cm³/mol. The van der Waals surface area contributed by atoms with E-state index >= 15 is 0 Å². The fourth-order valence-corrected chi connectivity index (χ4v) is 3.38. The summed E-state index contributed by atoms with van der Waals surface area (Å²) >= 11 is 0. The highest BCUT2D eigenvalue weighted by Gasteiger charge is 2.30. The van der Waals surface area contributed by atoms with Crippen molar-refractivity contribution in [3.8, 4) is 0 Å². The summed E-state index contributed by atoms with van der Waals surface area (Å²) < 4.78 is 12.0. The van der Waals surface area contributed by atoms with Crippen molar-refractivity contribution >= 4 is 11.9 Å². The van der Waals surface area contributed by atoms with E-state index in [1.165, 1.54) is 12.8 Å². The van der Waals surface area contributed by atoms with Crippen molar-refractivity contribution in [1.82, 2.24) is 30.0 Å². The van der Waals surface area contributed by atoms with Crippen LogP contribution in [0.3, 0.4) is 0 Å². The highest BCUT2D eigenvalue weighted by atomic mass is 16.5. The first-order chi connectivity index (χ1) is 12.7. The summed E-state index contributed by atoms with van der Waals surface area (Å²) in [5.41, 5.74) is 0. The predicted octanol–water partition coefficient (Wildman–Crippen LogP) is -0.550. The molecule has 144 valence electrons. The van der Waals surface area contributed by atoms with Gasteiger partial charge in [0, 0.05) is 6.54 Å². The highest BCUT2D eigenvalue weighted by molar-refractivity contribution is 5.78. The molecule has 0 radical (unpaired) electrons. The van der Waals surface area contributed by atoms with Gasteiger partial charge in [-0.1, -0.05) is 0 Å². The number of morpholine rings is 1. The molecule has 3 heterocycles. The molecule has 1 amide bonds. The molecule has 10 nitrogen and oxygen atoms in total. The normalized spacial score (nSPS) is 21.1. The quantitative estimate of drug-likeness (QED) is 0.592. The molecule has 2 aliphatic rings. The van der Waals surface area contributed by atoms with Gasteiger partial charge in [0.15, 0.2) is 5.82 Å². The van der Waals surface area contributed by atoms with Gasteiger partial charge in [-0.3, -0.25) is 14.5 Å². The number of nitrogens with zero attached hydrogens (tertiary/aromatic N) is 6. The summed E-state index contributed by atoms with van der Waals surface area (Å²) in [6.45, 7) is 6.11. The number of hydrogen-bond donors (Lipinski definition) is 0. The van der Waals surface area contributed by atoms with Crippen LogP contribution < -0.4 is 0 Å². The molecule has 10 heteroatoms.